The van der Waals surface area contributed by atoms with Gasteiger partial charge in [-0.25, -0.2) is 0 Å². The van der Waals surface area contributed by atoms with E-state index in [-0.39, 0.29) is 44.1 Å². The van der Waals surface area contributed by atoms with E-state index in [2.05, 4.69) is 20.8 Å². The van der Waals surface area contributed by atoms with E-state index in [1.54, 1.807) is 0 Å². The summed E-state index contributed by atoms with van der Waals surface area (Å²) >= 11 is 0. The zero-order chi connectivity index (χ0) is 50.5. The molecule has 0 fully saturated rings. The Hall–Kier alpha value is -1.71. The van der Waals surface area contributed by atoms with Crippen LogP contribution in [0.3, 0.4) is 0 Å². The second-order valence-electron chi connectivity index (χ2n) is 21.3. The molecule has 3 atom stereocenters. The van der Waals surface area contributed by atoms with E-state index in [0.717, 1.165) is 154 Å². The average Bonchev–Trinajstić information content (AvgIpc) is 3.35. The molecular weight excluding hydrogens is 865 g/mol. The molecule has 3 unspecified atom stereocenters. The highest BCUT2D eigenvalue weighted by atomic mass is 16.6. The Balaban J connectivity index is 4.58. The summed E-state index contributed by atoms with van der Waals surface area (Å²) in [7, 11) is 0. The first kappa shape index (κ1) is 67.3. The highest BCUT2D eigenvalue weighted by Crippen LogP contribution is 2.22. The Morgan fingerprint density at radius 2 is 0.522 bits per heavy atom. The van der Waals surface area contributed by atoms with Gasteiger partial charge in [0.15, 0.2) is 6.10 Å². The molecular formula is C60H116O9. The lowest BCUT2D eigenvalue weighted by atomic mass is 9.95. The molecule has 0 bridgehead atoms. The van der Waals surface area contributed by atoms with Gasteiger partial charge in [0, 0.05) is 39.1 Å². The minimum atomic E-state index is -0.825. The zero-order valence-electron chi connectivity index (χ0n) is 46.0. The molecule has 0 saturated carbocycles. The molecule has 9 nitrogen and oxygen atoms in total. The van der Waals surface area contributed by atoms with Crippen LogP contribution in [0.5, 0.6) is 0 Å². The van der Waals surface area contributed by atoms with Crippen molar-refractivity contribution in [1.29, 1.82) is 0 Å². The molecule has 0 rings (SSSR count). The van der Waals surface area contributed by atoms with Crippen molar-refractivity contribution in [2.45, 2.75) is 316 Å². The number of ether oxygens (including phenoxy) is 3. The zero-order valence-corrected chi connectivity index (χ0v) is 46.0. The molecule has 0 aromatic heterocycles. The van der Waals surface area contributed by atoms with Crippen molar-refractivity contribution in [2.24, 2.45) is 17.8 Å². The summed E-state index contributed by atoms with van der Waals surface area (Å²) in [6, 6.07) is 0. The Morgan fingerprint density at radius 1 is 0.304 bits per heavy atom. The maximum atomic E-state index is 12.9. The number of esters is 3. The summed E-state index contributed by atoms with van der Waals surface area (Å²) in [5, 5.41) is 29.4. The summed E-state index contributed by atoms with van der Waals surface area (Å²) in [4.78, 5) is 38.4. The first-order chi connectivity index (χ1) is 33.8. The quantitative estimate of drug-likeness (QED) is 0.0309. The van der Waals surface area contributed by atoms with Crippen LogP contribution in [0.15, 0.2) is 0 Å². The van der Waals surface area contributed by atoms with Crippen molar-refractivity contribution in [1.82, 2.24) is 0 Å². The van der Waals surface area contributed by atoms with E-state index < -0.39 is 6.10 Å². The van der Waals surface area contributed by atoms with Gasteiger partial charge in [-0.1, -0.05) is 233 Å². The maximum absolute atomic E-state index is 12.9. The number of hydrogen-bond donors (Lipinski definition) is 3. The Bertz CT molecular complexity index is 1030. The fourth-order valence-corrected chi connectivity index (χ4v) is 9.73. The predicted molar refractivity (Wildman–Crippen MR) is 288 cm³/mol. The molecule has 0 amide bonds. The lowest BCUT2D eigenvalue weighted by Gasteiger charge is -2.18. The molecule has 0 aromatic carbocycles. The summed E-state index contributed by atoms with van der Waals surface area (Å²) in [6.45, 7) is 7.37. The monoisotopic (exact) mass is 981 g/mol. The van der Waals surface area contributed by atoms with Gasteiger partial charge in [0.05, 0.1) is 0 Å². The van der Waals surface area contributed by atoms with E-state index in [1.807, 2.05) is 0 Å². The minimum absolute atomic E-state index is 0.119. The number of carbonyl (C=O) groups is 3. The summed E-state index contributed by atoms with van der Waals surface area (Å²) < 4.78 is 16.9. The van der Waals surface area contributed by atoms with Crippen LogP contribution in [-0.4, -0.2) is 72.4 Å². The van der Waals surface area contributed by atoms with Gasteiger partial charge in [-0.05, 0) is 75.5 Å². The maximum Gasteiger partial charge on any atom is 0.306 e. The molecule has 0 spiro atoms. The van der Waals surface area contributed by atoms with E-state index in [9.17, 15) is 29.7 Å². The fraction of sp³-hybridized carbons (Fsp3) is 0.950. The Kier molecular flexibility index (Phi) is 52.7. The molecule has 0 aliphatic carbocycles. The molecule has 3 N–H and O–H groups in total. The van der Waals surface area contributed by atoms with Crippen LogP contribution >= 0.6 is 0 Å². The molecule has 69 heavy (non-hydrogen) atoms. The molecule has 0 aliphatic heterocycles. The summed E-state index contributed by atoms with van der Waals surface area (Å²) in [5.74, 6) is 0.283. The van der Waals surface area contributed by atoms with E-state index >= 15 is 0 Å². The minimum Gasteiger partial charge on any atom is -0.462 e. The topological polar surface area (TPSA) is 140 Å². The first-order valence-corrected chi connectivity index (χ1v) is 30.2. The number of carbonyl (C=O) groups excluding carboxylic acids is 3. The van der Waals surface area contributed by atoms with Gasteiger partial charge < -0.3 is 29.5 Å². The largest absolute Gasteiger partial charge is 0.462 e. The van der Waals surface area contributed by atoms with Crippen molar-refractivity contribution in [3.63, 3.8) is 0 Å². The van der Waals surface area contributed by atoms with Gasteiger partial charge in [-0.15, -0.1) is 0 Å². The normalized spacial score (nSPS) is 13.3. The van der Waals surface area contributed by atoms with Crippen molar-refractivity contribution < 1.29 is 43.9 Å². The summed E-state index contributed by atoms with van der Waals surface area (Å²) in [6.07, 6.45) is 48.5. The number of unbranched alkanes of at least 4 members (excludes halogenated alkanes) is 30. The van der Waals surface area contributed by atoms with Crippen LogP contribution in [0, 0.1) is 17.8 Å². The summed E-state index contributed by atoms with van der Waals surface area (Å²) in [5.41, 5.74) is 0. The molecule has 9 heteroatoms. The third-order valence-corrected chi connectivity index (χ3v) is 14.6. The van der Waals surface area contributed by atoms with Crippen molar-refractivity contribution in [2.75, 3.05) is 33.0 Å². The van der Waals surface area contributed by atoms with E-state index in [4.69, 9.17) is 14.2 Å². The van der Waals surface area contributed by atoms with Crippen LogP contribution < -0.4 is 0 Å². The highest BCUT2D eigenvalue weighted by Gasteiger charge is 2.20. The van der Waals surface area contributed by atoms with Crippen LogP contribution in [0.2, 0.25) is 0 Å². The number of rotatable bonds is 56. The fourth-order valence-electron chi connectivity index (χ4n) is 9.73. The lowest BCUT2D eigenvalue weighted by Crippen LogP contribution is -2.30. The highest BCUT2D eigenvalue weighted by molar-refractivity contribution is 5.71. The van der Waals surface area contributed by atoms with Gasteiger partial charge in [0.2, 0.25) is 0 Å². The van der Waals surface area contributed by atoms with E-state index in [1.165, 1.54) is 116 Å². The van der Waals surface area contributed by atoms with Crippen molar-refractivity contribution in [3.05, 3.63) is 0 Å². The number of hydrogen-bond acceptors (Lipinski definition) is 9. The first-order valence-electron chi connectivity index (χ1n) is 30.2. The Labute approximate surface area is 426 Å². The number of aliphatic hydroxyl groups is 3. The molecule has 0 heterocycles. The van der Waals surface area contributed by atoms with Gasteiger partial charge in [0.25, 0.3) is 0 Å². The third-order valence-electron chi connectivity index (χ3n) is 14.6. The molecule has 410 valence electrons. The average molecular weight is 982 g/mol. The third kappa shape index (κ3) is 48.3. The van der Waals surface area contributed by atoms with Crippen LogP contribution in [-0.2, 0) is 28.6 Å². The van der Waals surface area contributed by atoms with Gasteiger partial charge in [-0.2, -0.15) is 0 Å². The van der Waals surface area contributed by atoms with Crippen molar-refractivity contribution in [3.8, 4) is 0 Å². The predicted octanol–water partition coefficient (Wildman–Crippen LogP) is 16.4. The smallest absolute Gasteiger partial charge is 0.306 e. The SMILES string of the molecule is CCCCCCCCC(CO)CCCCCCCCC(=O)OCC(COC(=O)CCCCCCCCC(CO)CCCCCCCC)OC(=O)CCCCCCCCC(CO)CCCCCCCC. The second-order valence-corrected chi connectivity index (χ2v) is 21.3. The standard InChI is InChI=1S/C60H116O9/c1-4-7-10-13-22-31-40-54(49-61)43-34-25-16-19-28-37-46-58(64)67-52-57(69-60(66)48-39-30-21-18-27-36-45-56(51-63)42-33-24-15-12-9-6-3)53-68-59(65)47-38-29-20-17-26-35-44-55(50-62)41-32-23-14-11-8-5-2/h54-57,61-63H,4-53H2,1-3H3. The Morgan fingerprint density at radius 3 is 0.768 bits per heavy atom. The van der Waals surface area contributed by atoms with Gasteiger partial charge in [-0.3, -0.25) is 14.4 Å². The van der Waals surface area contributed by atoms with Gasteiger partial charge in [0.1, 0.15) is 13.2 Å². The van der Waals surface area contributed by atoms with E-state index in [0.29, 0.717) is 43.8 Å². The van der Waals surface area contributed by atoms with Crippen LogP contribution in [0.4, 0.5) is 0 Å². The number of aliphatic hydroxyl groups excluding tert-OH is 3. The molecule has 0 radical (unpaired) electrons. The van der Waals surface area contributed by atoms with Crippen LogP contribution in [0.1, 0.15) is 310 Å². The second kappa shape index (κ2) is 54.1. The van der Waals surface area contributed by atoms with Crippen LogP contribution in [0.25, 0.3) is 0 Å². The lowest BCUT2D eigenvalue weighted by molar-refractivity contribution is -0.167. The molecule has 0 saturated heterocycles. The van der Waals surface area contributed by atoms with Gasteiger partial charge >= 0.3 is 17.9 Å². The van der Waals surface area contributed by atoms with Crippen molar-refractivity contribution >= 4 is 17.9 Å². The molecule has 0 aliphatic rings. The molecule has 0 aromatic rings.